The number of carbonyl (C=O) groups excluding carboxylic acids is 2. The molecule has 2 aromatic rings. The summed E-state index contributed by atoms with van der Waals surface area (Å²) in [7, 11) is 0. The number of nitrogens with zero attached hydrogens (tertiary/aromatic N) is 1. The molecule has 0 saturated carbocycles. The van der Waals surface area contributed by atoms with Crippen LogP contribution in [0.4, 0.5) is 5.69 Å². The third-order valence-electron chi connectivity index (χ3n) is 5.33. The highest BCUT2D eigenvalue weighted by molar-refractivity contribution is 6.30. The molecule has 2 aromatic carbocycles. The molecule has 4 heteroatoms. The predicted octanol–water partition coefficient (Wildman–Crippen LogP) is 6.04. The lowest BCUT2D eigenvalue weighted by molar-refractivity contribution is -0.119. The fourth-order valence-electron chi connectivity index (χ4n) is 3.79. The first kappa shape index (κ1) is 20.6. The van der Waals surface area contributed by atoms with E-state index >= 15 is 0 Å². The van der Waals surface area contributed by atoms with Gasteiger partial charge in [0.2, 0.25) is 5.91 Å². The average Bonchev–Trinajstić information content (AvgIpc) is 2.66. The van der Waals surface area contributed by atoms with E-state index in [1.54, 1.807) is 24.3 Å². The molecule has 0 aliphatic carbocycles. The first-order valence-corrected chi connectivity index (χ1v) is 10.4. The monoisotopic (exact) mass is 397 g/mol. The van der Waals surface area contributed by atoms with E-state index in [1.165, 1.54) is 5.56 Å². The molecule has 148 valence electrons. The van der Waals surface area contributed by atoms with Crippen molar-refractivity contribution in [3.05, 3.63) is 64.2 Å². The van der Waals surface area contributed by atoms with Crippen molar-refractivity contribution in [2.45, 2.75) is 52.4 Å². The Bertz CT molecular complexity index is 857. The van der Waals surface area contributed by atoms with Crippen molar-refractivity contribution in [2.24, 2.45) is 5.92 Å². The van der Waals surface area contributed by atoms with E-state index in [0.717, 1.165) is 30.6 Å². The predicted molar refractivity (Wildman–Crippen MR) is 115 cm³/mol. The first-order chi connectivity index (χ1) is 13.3. The Hall–Kier alpha value is -2.13. The number of hydrogen-bond acceptors (Lipinski definition) is 2. The topological polar surface area (TPSA) is 37.4 Å². The zero-order valence-corrected chi connectivity index (χ0v) is 17.6. The van der Waals surface area contributed by atoms with Crippen LogP contribution < -0.4 is 4.90 Å². The fourth-order valence-corrected chi connectivity index (χ4v) is 3.92. The Morgan fingerprint density at radius 1 is 1.04 bits per heavy atom. The molecule has 0 spiro atoms. The second kappa shape index (κ2) is 8.91. The van der Waals surface area contributed by atoms with Gasteiger partial charge >= 0.3 is 0 Å². The number of hydrogen-bond donors (Lipinski definition) is 0. The molecule has 0 fully saturated rings. The fraction of sp³-hybridized carbons (Fsp3) is 0.417. The van der Waals surface area contributed by atoms with Crippen molar-refractivity contribution in [1.82, 2.24) is 0 Å². The number of rotatable bonds is 6. The first-order valence-electron chi connectivity index (χ1n) is 10.1. The van der Waals surface area contributed by atoms with Crippen molar-refractivity contribution in [2.75, 3.05) is 11.4 Å². The summed E-state index contributed by atoms with van der Waals surface area (Å²) in [5.74, 6) is 0.802. The molecule has 1 heterocycles. The minimum Gasteiger partial charge on any atom is -0.312 e. The standard InChI is InChI=1S/C24H28ClNO2/c1-16(2)13-24(28)26-12-4-5-20-15-19(8-11-22(20)26)17(3)14-23(27)18-6-9-21(25)10-7-18/h6-11,15-17H,4-5,12-14H2,1-3H3/t17-/m1/s1. The summed E-state index contributed by atoms with van der Waals surface area (Å²) in [5.41, 5.74) is 4.10. The van der Waals surface area contributed by atoms with Crippen molar-refractivity contribution < 1.29 is 9.59 Å². The number of fused-ring (bicyclic) bond motifs is 1. The van der Waals surface area contributed by atoms with Crippen molar-refractivity contribution >= 4 is 29.0 Å². The van der Waals surface area contributed by atoms with Crippen LogP contribution in [-0.2, 0) is 11.2 Å². The van der Waals surface area contributed by atoms with E-state index in [0.29, 0.717) is 29.3 Å². The number of amides is 1. The summed E-state index contributed by atoms with van der Waals surface area (Å²) < 4.78 is 0. The van der Waals surface area contributed by atoms with E-state index in [4.69, 9.17) is 11.6 Å². The van der Waals surface area contributed by atoms with Gasteiger partial charge in [-0.1, -0.05) is 44.5 Å². The largest absolute Gasteiger partial charge is 0.312 e. The van der Waals surface area contributed by atoms with Gasteiger partial charge in [0.05, 0.1) is 0 Å². The molecule has 3 nitrogen and oxygen atoms in total. The van der Waals surface area contributed by atoms with Gasteiger partial charge in [-0.15, -0.1) is 0 Å². The van der Waals surface area contributed by atoms with Crippen LogP contribution in [0.15, 0.2) is 42.5 Å². The van der Waals surface area contributed by atoms with E-state index < -0.39 is 0 Å². The van der Waals surface area contributed by atoms with Gasteiger partial charge in [-0.25, -0.2) is 0 Å². The van der Waals surface area contributed by atoms with Gasteiger partial charge in [0.15, 0.2) is 5.78 Å². The highest BCUT2D eigenvalue weighted by Crippen LogP contribution is 2.32. The summed E-state index contributed by atoms with van der Waals surface area (Å²) in [6.07, 6.45) is 2.99. The van der Waals surface area contributed by atoms with E-state index in [9.17, 15) is 9.59 Å². The number of Topliss-reactive ketones (excluding diaryl/α,β-unsaturated/α-hetero) is 1. The van der Waals surface area contributed by atoms with Gasteiger partial charge in [0.1, 0.15) is 0 Å². The molecule has 0 aromatic heterocycles. The average molecular weight is 398 g/mol. The number of carbonyl (C=O) groups is 2. The minimum absolute atomic E-state index is 0.121. The van der Waals surface area contributed by atoms with Crippen LogP contribution in [0.5, 0.6) is 0 Å². The summed E-state index contributed by atoms with van der Waals surface area (Å²) in [5, 5.41) is 0.635. The van der Waals surface area contributed by atoms with E-state index in [-0.39, 0.29) is 17.6 Å². The van der Waals surface area contributed by atoms with Crippen LogP contribution >= 0.6 is 11.6 Å². The van der Waals surface area contributed by atoms with Gasteiger partial charge < -0.3 is 4.90 Å². The zero-order valence-electron chi connectivity index (χ0n) is 16.9. The van der Waals surface area contributed by atoms with Gasteiger partial charge in [-0.05, 0) is 66.1 Å². The molecule has 0 N–H and O–H groups in total. The SMILES string of the molecule is CC(C)CC(=O)N1CCCc2cc([C@H](C)CC(=O)c3ccc(Cl)cc3)ccc21. The third-order valence-corrected chi connectivity index (χ3v) is 5.58. The molecular weight excluding hydrogens is 370 g/mol. The second-order valence-corrected chi connectivity index (χ2v) is 8.61. The summed E-state index contributed by atoms with van der Waals surface area (Å²) >= 11 is 5.91. The maximum absolute atomic E-state index is 12.6. The van der Waals surface area contributed by atoms with Crippen LogP contribution in [0.2, 0.25) is 5.02 Å². The maximum Gasteiger partial charge on any atom is 0.227 e. The molecule has 3 rings (SSSR count). The minimum atomic E-state index is 0.121. The molecule has 1 atom stereocenters. The van der Waals surface area contributed by atoms with Crippen LogP contribution in [0.3, 0.4) is 0 Å². The summed E-state index contributed by atoms with van der Waals surface area (Å²) in [4.78, 5) is 27.1. The number of halogens is 1. The zero-order chi connectivity index (χ0) is 20.3. The molecule has 0 saturated heterocycles. The Morgan fingerprint density at radius 2 is 1.75 bits per heavy atom. The second-order valence-electron chi connectivity index (χ2n) is 8.17. The van der Waals surface area contributed by atoms with Gasteiger partial charge in [0, 0.05) is 35.7 Å². The van der Waals surface area contributed by atoms with Crippen LogP contribution in [0, 0.1) is 5.92 Å². The number of ketones is 1. The molecule has 28 heavy (non-hydrogen) atoms. The molecule has 0 radical (unpaired) electrons. The summed E-state index contributed by atoms with van der Waals surface area (Å²) in [6, 6.07) is 13.4. The summed E-state index contributed by atoms with van der Waals surface area (Å²) in [6.45, 7) is 7.03. The Balaban J connectivity index is 1.74. The molecule has 1 aliphatic rings. The van der Waals surface area contributed by atoms with Crippen molar-refractivity contribution in [1.29, 1.82) is 0 Å². The number of aryl methyl sites for hydroxylation is 1. The lowest BCUT2D eigenvalue weighted by Crippen LogP contribution is -2.36. The van der Waals surface area contributed by atoms with Crippen LogP contribution in [-0.4, -0.2) is 18.2 Å². The Labute approximate surface area is 172 Å². The maximum atomic E-state index is 12.6. The molecule has 1 amide bonds. The van der Waals surface area contributed by atoms with Crippen LogP contribution in [0.25, 0.3) is 0 Å². The highest BCUT2D eigenvalue weighted by Gasteiger charge is 2.24. The van der Waals surface area contributed by atoms with E-state index in [2.05, 4.69) is 39.0 Å². The van der Waals surface area contributed by atoms with Gasteiger partial charge in [-0.2, -0.15) is 0 Å². The van der Waals surface area contributed by atoms with E-state index in [1.807, 2.05) is 4.90 Å². The molecule has 0 unspecified atom stereocenters. The van der Waals surface area contributed by atoms with Crippen molar-refractivity contribution in [3.63, 3.8) is 0 Å². The lowest BCUT2D eigenvalue weighted by Gasteiger charge is -2.31. The van der Waals surface area contributed by atoms with Crippen molar-refractivity contribution in [3.8, 4) is 0 Å². The smallest absolute Gasteiger partial charge is 0.227 e. The van der Waals surface area contributed by atoms with Gasteiger partial charge in [0.25, 0.3) is 0 Å². The van der Waals surface area contributed by atoms with Gasteiger partial charge in [-0.3, -0.25) is 9.59 Å². The number of benzene rings is 2. The van der Waals surface area contributed by atoms with Crippen LogP contribution in [0.1, 0.15) is 67.4 Å². The normalized spacial score (nSPS) is 14.7. The Morgan fingerprint density at radius 3 is 2.43 bits per heavy atom. The molecule has 0 bridgehead atoms. The quantitative estimate of drug-likeness (QED) is 0.557. The molecule has 1 aliphatic heterocycles. The molecular formula is C24H28ClNO2. The lowest BCUT2D eigenvalue weighted by atomic mass is 9.89. The highest BCUT2D eigenvalue weighted by atomic mass is 35.5. The third kappa shape index (κ3) is 4.82. The Kier molecular flexibility index (Phi) is 6.56. The number of anilines is 1.